The van der Waals surface area contributed by atoms with Gasteiger partial charge in [-0.2, -0.15) is 0 Å². The van der Waals surface area contributed by atoms with Crippen molar-refractivity contribution in [2.24, 2.45) is 0 Å². The summed E-state index contributed by atoms with van der Waals surface area (Å²) in [7, 11) is 0. The van der Waals surface area contributed by atoms with Gasteiger partial charge in [0.05, 0.1) is 7.47 Å². The van der Waals surface area contributed by atoms with Crippen molar-refractivity contribution >= 4 is 95.6 Å². The highest BCUT2D eigenvalue weighted by Gasteiger charge is 2.14. The molecule has 0 unspecified atom stereocenters. The highest BCUT2D eigenvalue weighted by atomic mass is 79.9. The molecular weight excluding hydrogens is 576 g/mol. The molecule has 0 heterocycles. The predicted octanol–water partition coefficient (Wildman–Crippen LogP) is 6.79. The van der Waals surface area contributed by atoms with E-state index in [1.54, 1.807) is 0 Å². The number of hydrogen-bond acceptors (Lipinski definition) is 0. The van der Waals surface area contributed by atoms with E-state index in [-0.39, 0.29) is 7.47 Å². The van der Waals surface area contributed by atoms with E-state index < -0.39 is 0 Å². The van der Waals surface area contributed by atoms with Crippen LogP contribution in [0.15, 0.2) is 21.1 Å². The van der Waals surface area contributed by atoms with Gasteiger partial charge in [-0.3, -0.25) is 0 Å². The normalized spacial score (nSPS) is 11.4. The molecule has 0 aliphatic rings. The van der Waals surface area contributed by atoms with E-state index in [1.165, 1.54) is 0 Å². The van der Waals surface area contributed by atoms with Crippen molar-refractivity contribution in [3.8, 4) is 0 Å². The van der Waals surface area contributed by atoms with Crippen LogP contribution in [-0.4, -0.2) is 0 Å². The van der Waals surface area contributed by atoms with Crippen molar-refractivity contribution in [3.05, 3.63) is 32.2 Å². The van der Waals surface area contributed by atoms with Gasteiger partial charge in [0, 0.05) is 8.95 Å². The van der Waals surface area contributed by atoms with E-state index >= 15 is 0 Å². The molecule has 0 radical (unpaired) electrons. The molecule has 14 heavy (non-hydrogen) atoms. The molecule has 1 aromatic carbocycles. The molecule has 0 spiro atoms. The molecule has 0 atom stereocenters. The lowest BCUT2D eigenvalue weighted by Gasteiger charge is -2.11. The smallest absolute Gasteiger partial charge is 0.0712 e. The molecule has 0 N–H and O–H groups in total. The zero-order chi connectivity index (χ0) is 10.9. The average molecular weight is 580 g/mol. The minimum atomic E-state index is 0.152. The third-order valence-corrected chi connectivity index (χ3v) is 4.93. The molecule has 78 valence electrons. The molecular formula is C8H4Br6. The number of halogens is 6. The summed E-state index contributed by atoms with van der Waals surface area (Å²) in [6, 6.07) is 4.15. The summed E-state index contributed by atoms with van der Waals surface area (Å²) in [5, 5.41) is 0. The first-order valence-electron chi connectivity index (χ1n) is 3.48. The Labute approximate surface area is 133 Å². The van der Waals surface area contributed by atoms with Gasteiger partial charge in [-0.1, -0.05) is 95.6 Å². The lowest BCUT2D eigenvalue weighted by Crippen LogP contribution is -1.89. The van der Waals surface area contributed by atoms with Gasteiger partial charge in [0.1, 0.15) is 0 Å². The molecule has 0 aliphatic heterocycles. The minimum absolute atomic E-state index is 0.152. The molecule has 0 aliphatic carbocycles. The Morgan fingerprint density at radius 3 is 1.21 bits per heavy atom. The Kier molecular flexibility index (Phi) is 6.22. The molecule has 0 nitrogen and oxygen atoms in total. The summed E-state index contributed by atoms with van der Waals surface area (Å²) in [4.78, 5) is 0. The number of hydrogen-bond donors (Lipinski definition) is 0. The van der Waals surface area contributed by atoms with Crippen LogP contribution < -0.4 is 0 Å². The van der Waals surface area contributed by atoms with E-state index in [2.05, 4.69) is 108 Å². The summed E-state index contributed by atoms with van der Waals surface area (Å²) in [6.07, 6.45) is 0. The molecule has 6 heteroatoms. The molecule has 0 saturated heterocycles. The van der Waals surface area contributed by atoms with Gasteiger partial charge in [0.15, 0.2) is 0 Å². The molecule has 0 saturated carbocycles. The molecule has 0 bridgehead atoms. The van der Waals surface area contributed by atoms with E-state index in [4.69, 9.17) is 0 Å². The Hall–Kier alpha value is 2.10. The zero-order valence-corrected chi connectivity index (χ0v) is 16.1. The Bertz CT molecular complexity index is 299. The average Bonchev–Trinajstić information content (AvgIpc) is 2.07. The van der Waals surface area contributed by atoms with Gasteiger partial charge < -0.3 is 0 Å². The van der Waals surface area contributed by atoms with Crippen molar-refractivity contribution < 1.29 is 0 Å². The van der Waals surface area contributed by atoms with Crippen LogP contribution >= 0.6 is 95.6 Å². The molecule has 1 aromatic rings. The quantitative estimate of drug-likeness (QED) is 0.339. The van der Waals surface area contributed by atoms with E-state index in [0.29, 0.717) is 0 Å². The topological polar surface area (TPSA) is 0 Å². The van der Waals surface area contributed by atoms with Crippen LogP contribution in [0.1, 0.15) is 18.6 Å². The molecule has 1 rings (SSSR count). The van der Waals surface area contributed by atoms with Gasteiger partial charge in [-0.15, -0.1) is 0 Å². The SMILES string of the molecule is Brc1cc(C(Br)Br)c(Br)cc1C(Br)Br. The zero-order valence-electron chi connectivity index (χ0n) is 6.58. The largest absolute Gasteiger partial charge is 0.0957 e. The first kappa shape index (κ1) is 14.2. The Balaban J connectivity index is 3.24. The summed E-state index contributed by atoms with van der Waals surface area (Å²) >= 11 is 20.9. The van der Waals surface area contributed by atoms with Gasteiger partial charge in [-0.05, 0) is 23.3 Å². The van der Waals surface area contributed by atoms with Crippen LogP contribution in [0, 0.1) is 0 Å². The molecule has 0 amide bonds. The maximum Gasteiger partial charge on any atom is 0.0957 e. The third-order valence-electron chi connectivity index (χ3n) is 1.59. The lowest BCUT2D eigenvalue weighted by atomic mass is 10.2. The van der Waals surface area contributed by atoms with Gasteiger partial charge in [-0.25, -0.2) is 0 Å². The van der Waals surface area contributed by atoms with E-state index in [0.717, 1.165) is 20.1 Å². The molecule has 0 fully saturated rings. The van der Waals surface area contributed by atoms with Crippen molar-refractivity contribution in [1.29, 1.82) is 0 Å². The van der Waals surface area contributed by atoms with Crippen LogP contribution in [0.2, 0.25) is 0 Å². The predicted molar refractivity (Wildman–Crippen MR) is 83.0 cm³/mol. The van der Waals surface area contributed by atoms with Crippen LogP contribution in [0.4, 0.5) is 0 Å². The fourth-order valence-corrected chi connectivity index (χ4v) is 4.84. The summed E-state index contributed by atoms with van der Waals surface area (Å²) < 4.78 is 2.44. The van der Waals surface area contributed by atoms with Crippen LogP contribution in [0.5, 0.6) is 0 Å². The van der Waals surface area contributed by atoms with Crippen molar-refractivity contribution in [3.63, 3.8) is 0 Å². The van der Waals surface area contributed by atoms with Crippen molar-refractivity contribution in [2.45, 2.75) is 7.47 Å². The summed E-state index contributed by atoms with van der Waals surface area (Å²) in [5.41, 5.74) is 2.31. The maximum absolute atomic E-state index is 3.53. The number of alkyl halides is 4. The standard InChI is InChI=1S/C8H4Br6/c9-5-1-3(7(11)12)6(10)2-4(5)8(13)14/h1-2,7-8H. The van der Waals surface area contributed by atoms with Crippen molar-refractivity contribution in [1.82, 2.24) is 0 Å². The second kappa shape index (κ2) is 6.15. The fourth-order valence-electron chi connectivity index (χ4n) is 0.912. The third kappa shape index (κ3) is 3.55. The molecule has 0 aromatic heterocycles. The Morgan fingerprint density at radius 2 is 1.00 bits per heavy atom. The number of rotatable bonds is 2. The summed E-state index contributed by atoms with van der Waals surface area (Å²) in [6.45, 7) is 0. The first-order chi connectivity index (χ1) is 6.43. The van der Waals surface area contributed by atoms with E-state index in [9.17, 15) is 0 Å². The maximum atomic E-state index is 3.53. The van der Waals surface area contributed by atoms with Crippen molar-refractivity contribution in [2.75, 3.05) is 0 Å². The van der Waals surface area contributed by atoms with E-state index in [1.807, 2.05) is 0 Å². The van der Waals surface area contributed by atoms with Gasteiger partial charge in [0.2, 0.25) is 0 Å². The van der Waals surface area contributed by atoms with Gasteiger partial charge >= 0.3 is 0 Å². The Morgan fingerprint density at radius 1 is 0.714 bits per heavy atom. The lowest BCUT2D eigenvalue weighted by molar-refractivity contribution is 1.30. The van der Waals surface area contributed by atoms with Gasteiger partial charge in [0.25, 0.3) is 0 Å². The highest BCUT2D eigenvalue weighted by molar-refractivity contribution is 9.24. The first-order valence-corrected chi connectivity index (χ1v) is 8.73. The highest BCUT2D eigenvalue weighted by Crippen LogP contribution is 2.42. The minimum Gasteiger partial charge on any atom is -0.0712 e. The van der Waals surface area contributed by atoms with Crippen LogP contribution in [-0.2, 0) is 0 Å². The fraction of sp³-hybridized carbons (Fsp3) is 0.250. The number of benzene rings is 1. The second-order valence-corrected chi connectivity index (χ2v) is 10.3. The summed E-state index contributed by atoms with van der Waals surface area (Å²) in [5.74, 6) is 0. The monoisotopic (exact) mass is 574 g/mol. The van der Waals surface area contributed by atoms with Crippen LogP contribution in [0.3, 0.4) is 0 Å². The van der Waals surface area contributed by atoms with Crippen LogP contribution in [0.25, 0.3) is 0 Å². The second-order valence-electron chi connectivity index (χ2n) is 2.50.